The average Bonchev–Trinajstić information content (AvgIpc) is 3.41. The predicted molar refractivity (Wildman–Crippen MR) is 105 cm³/mol. The number of cyclic esters (lactones) is 1. The van der Waals surface area contributed by atoms with E-state index in [9.17, 15) is 14.4 Å². The Labute approximate surface area is 174 Å². The highest BCUT2D eigenvalue weighted by Gasteiger charge is 2.38. The quantitative estimate of drug-likeness (QED) is 0.376. The summed E-state index contributed by atoms with van der Waals surface area (Å²) in [6, 6.07) is 1.65. The van der Waals surface area contributed by atoms with Gasteiger partial charge in [-0.25, -0.2) is 9.59 Å². The standard InChI is InChI=1S/C19H27N5O6/c1-3-14-11-24(19(27)30-14)13-6-9-23(10-7-13)18(26)17(15-5-8-20-21-15)22-29-12-16(25)28-4-2/h5,8,13-14H,3-4,6-7,9-12H2,1-2H3,(H,20,21). The van der Waals surface area contributed by atoms with Crippen molar-refractivity contribution in [2.75, 3.05) is 32.8 Å². The molecule has 1 aromatic rings. The molecule has 1 N–H and O–H groups in total. The van der Waals surface area contributed by atoms with E-state index in [2.05, 4.69) is 15.4 Å². The number of aromatic amines is 1. The molecule has 3 rings (SSSR count). The molecule has 1 atom stereocenters. The van der Waals surface area contributed by atoms with E-state index in [0.717, 1.165) is 6.42 Å². The third-order valence-electron chi connectivity index (χ3n) is 5.15. The molecule has 1 unspecified atom stereocenters. The topological polar surface area (TPSA) is 126 Å². The van der Waals surface area contributed by atoms with Crippen LogP contribution in [0.3, 0.4) is 0 Å². The molecule has 1 aromatic heterocycles. The minimum absolute atomic E-state index is 0.0295. The van der Waals surface area contributed by atoms with E-state index >= 15 is 0 Å². The van der Waals surface area contributed by atoms with Gasteiger partial charge in [0.05, 0.1) is 18.8 Å². The van der Waals surface area contributed by atoms with Crippen molar-refractivity contribution in [2.45, 2.75) is 45.3 Å². The molecular weight excluding hydrogens is 394 g/mol. The van der Waals surface area contributed by atoms with E-state index in [1.54, 1.807) is 22.8 Å². The number of carbonyl (C=O) groups is 3. The average molecular weight is 421 g/mol. The van der Waals surface area contributed by atoms with Crippen LogP contribution in [0.25, 0.3) is 0 Å². The zero-order valence-electron chi connectivity index (χ0n) is 17.2. The van der Waals surface area contributed by atoms with Crippen molar-refractivity contribution in [1.82, 2.24) is 20.0 Å². The van der Waals surface area contributed by atoms with Gasteiger partial charge in [0.1, 0.15) is 6.10 Å². The molecule has 0 spiro atoms. The number of nitrogens with zero attached hydrogens (tertiary/aromatic N) is 4. The second-order valence-electron chi connectivity index (χ2n) is 7.08. The maximum atomic E-state index is 13.0. The van der Waals surface area contributed by atoms with E-state index in [1.165, 1.54) is 6.20 Å². The number of aromatic nitrogens is 2. The van der Waals surface area contributed by atoms with Crippen molar-refractivity contribution in [1.29, 1.82) is 0 Å². The van der Waals surface area contributed by atoms with Crippen LogP contribution in [0.2, 0.25) is 0 Å². The number of rotatable bonds is 8. The molecule has 0 aliphatic carbocycles. The van der Waals surface area contributed by atoms with Crippen LogP contribution in [0.1, 0.15) is 38.8 Å². The Hall–Kier alpha value is -3.11. The number of nitrogens with one attached hydrogen (secondary N) is 1. The first-order chi connectivity index (χ1) is 14.5. The number of likely N-dealkylation sites (tertiary alicyclic amines) is 1. The van der Waals surface area contributed by atoms with Crippen LogP contribution in [-0.2, 0) is 23.9 Å². The first-order valence-electron chi connectivity index (χ1n) is 10.1. The van der Waals surface area contributed by atoms with Crippen molar-refractivity contribution in [2.24, 2.45) is 5.16 Å². The Kier molecular flexibility index (Phi) is 7.26. The number of esters is 1. The van der Waals surface area contributed by atoms with Gasteiger partial charge < -0.3 is 24.1 Å². The zero-order valence-corrected chi connectivity index (χ0v) is 17.2. The van der Waals surface area contributed by atoms with Gasteiger partial charge in [0, 0.05) is 25.3 Å². The minimum Gasteiger partial charge on any atom is -0.463 e. The molecule has 2 aliphatic rings. The van der Waals surface area contributed by atoms with E-state index in [-0.39, 0.29) is 36.5 Å². The monoisotopic (exact) mass is 421 g/mol. The molecule has 0 radical (unpaired) electrons. The summed E-state index contributed by atoms with van der Waals surface area (Å²) in [5.74, 6) is -0.904. The van der Waals surface area contributed by atoms with Gasteiger partial charge >= 0.3 is 12.1 Å². The van der Waals surface area contributed by atoms with Gasteiger partial charge in [0.25, 0.3) is 5.91 Å². The van der Waals surface area contributed by atoms with Crippen LogP contribution in [0, 0.1) is 0 Å². The van der Waals surface area contributed by atoms with Crippen LogP contribution in [0.5, 0.6) is 0 Å². The highest BCUT2D eigenvalue weighted by atomic mass is 16.7. The second-order valence-corrected chi connectivity index (χ2v) is 7.08. The highest BCUT2D eigenvalue weighted by molar-refractivity contribution is 6.44. The third-order valence-corrected chi connectivity index (χ3v) is 5.15. The lowest BCUT2D eigenvalue weighted by molar-refractivity contribution is -0.148. The smallest absolute Gasteiger partial charge is 0.410 e. The number of hydrogen-bond donors (Lipinski definition) is 1. The molecule has 0 aromatic carbocycles. The number of amides is 2. The van der Waals surface area contributed by atoms with Gasteiger partial charge in [-0.15, -0.1) is 0 Å². The molecule has 2 saturated heterocycles. The van der Waals surface area contributed by atoms with Crippen molar-refractivity contribution < 1.29 is 28.7 Å². The van der Waals surface area contributed by atoms with Gasteiger partial charge in [-0.2, -0.15) is 5.10 Å². The van der Waals surface area contributed by atoms with Gasteiger partial charge in [0.2, 0.25) is 6.61 Å². The van der Waals surface area contributed by atoms with Crippen LogP contribution >= 0.6 is 0 Å². The molecule has 0 bridgehead atoms. The molecule has 3 heterocycles. The fourth-order valence-corrected chi connectivity index (χ4v) is 3.53. The molecule has 11 heteroatoms. The summed E-state index contributed by atoms with van der Waals surface area (Å²) >= 11 is 0. The number of oxime groups is 1. The van der Waals surface area contributed by atoms with Gasteiger partial charge in [-0.3, -0.25) is 9.89 Å². The van der Waals surface area contributed by atoms with Crippen molar-refractivity contribution in [3.8, 4) is 0 Å². The lowest BCUT2D eigenvalue weighted by Crippen LogP contribution is -2.49. The maximum Gasteiger partial charge on any atom is 0.410 e. The maximum absolute atomic E-state index is 13.0. The lowest BCUT2D eigenvalue weighted by Gasteiger charge is -2.35. The predicted octanol–water partition coefficient (Wildman–Crippen LogP) is 0.915. The Bertz CT molecular complexity index is 772. The van der Waals surface area contributed by atoms with Crippen molar-refractivity contribution in [3.63, 3.8) is 0 Å². The largest absolute Gasteiger partial charge is 0.463 e. The second kappa shape index (κ2) is 10.1. The van der Waals surface area contributed by atoms with Gasteiger partial charge in [-0.05, 0) is 32.3 Å². The number of H-pyrrole nitrogens is 1. The summed E-state index contributed by atoms with van der Waals surface area (Å²) in [6.07, 6.45) is 3.24. The summed E-state index contributed by atoms with van der Waals surface area (Å²) in [6.45, 7) is 5.05. The number of piperidine rings is 1. The van der Waals surface area contributed by atoms with Crippen molar-refractivity contribution in [3.05, 3.63) is 18.0 Å². The summed E-state index contributed by atoms with van der Waals surface area (Å²) < 4.78 is 10.1. The fourth-order valence-electron chi connectivity index (χ4n) is 3.53. The molecule has 2 aliphatic heterocycles. The van der Waals surface area contributed by atoms with Gasteiger partial charge in [0.15, 0.2) is 5.71 Å². The SMILES string of the molecule is CCOC(=O)CON=C(C(=O)N1CCC(N2CC(CC)OC2=O)CC1)c1ccn[nH]1. The Balaban J connectivity index is 1.60. The Morgan fingerprint density at radius 2 is 2.10 bits per heavy atom. The van der Waals surface area contributed by atoms with Crippen LogP contribution in [-0.4, -0.2) is 88.7 Å². The van der Waals surface area contributed by atoms with Gasteiger partial charge in [-0.1, -0.05) is 12.1 Å². The number of ether oxygens (including phenoxy) is 2. The van der Waals surface area contributed by atoms with E-state index in [4.69, 9.17) is 14.3 Å². The molecule has 2 fully saturated rings. The summed E-state index contributed by atoms with van der Waals surface area (Å²) in [4.78, 5) is 45.0. The van der Waals surface area contributed by atoms with E-state index < -0.39 is 12.6 Å². The normalized spacial score (nSPS) is 20.3. The fraction of sp³-hybridized carbons (Fsp3) is 0.632. The molecule has 0 saturated carbocycles. The van der Waals surface area contributed by atoms with Crippen LogP contribution < -0.4 is 0 Å². The van der Waals surface area contributed by atoms with Crippen LogP contribution in [0.15, 0.2) is 17.4 Å². The zero-order chi connectivity index (χ0) is 21.5. The molecule has 2 amide bonds. The number of carbonyl (C=O) groups excluding carboxylic acids is 3. The van der Waals surface area contributed by atoms with E-state index in [1.807, 2.05) is 6.92 Å². The minimum atomic E-state index is -0.568. The first-order valence-corrected chi connectivity index (χ1v) is 10.1. The van der Waals surface area contributed by atoms with E-state index in [0.29, 0.717) is 38.2 Å². The molecule has 11 nitrogen and oxygen atoms in total. The highest BCUT2D eigenvalue weighted by Crippen LogP contribution is 2.24. The first kappa shape index (κ1) is 21.6. The van der Waals surface area contributed by atoms with Crippen LogP contribution in [0.4, 0.5) is 4.79 Å². The molecular formula is C19H27N5O6. The Morgan fingerprint density at radius 3 is 2.70 bits per heavy atom. The molecule has 164 valence electrons. The third kappa shape index (κ3) is 5.08. The summed E-state index contributed by atoms with van der Waals surface area (Å²) in [5, 5.41) is 10.4. The summed E-state index contributed by atoms with van der Waals surface area (Å²) in [5.41, 5.74) is 0.418. The summed E-state index contributed by atoms with van der Waals surface area (Å²) in [7, 11) is 0. The van der Waals surface area contributed by atoms with Crippen molar-refractivity contribution >= 4 is 23.7 Å². The lowest BCUT2D eigenvalue weighted by atomic mass is 10.0. The molecule has 30 heavy (non-hydrogen) atoms. The number of hydrogen-bond acceptors (Lipinski definition) is 8. The Morgan fingerprint density at radius 1 is 1.33 bits per heavy atom.